The lowest BCUT2D eigenvalue weighted by Crippen LogP contribution is -2.33. The van der Waals surface area contributed by atoms with Gasteiger partial charge in [-0.05, 0) is 6.08 Å². The van der Waals surface area contributed by atoms with Crippen LogP contribution in [-0.2, 0) is 0 Å². The minimum absolute atomic E-state index is 0.0949. The van der Waals surface area contributed by atoms with E-state index in [9.17, 15) is 13.6 Å². The van der Waals surface area contributed by atoms with Crippen LogP contribution in [0, 0.1) is 0 Å². The Morgan fingerprint density at radius 3 is 2.92 bits per heavy atom. The van der Waals surface area contributed by atoms with Crippen molar-refractivity contribution in [2.45, 2.75) is 6.04 Å². The number of rotatable bonds is 0. The van der Waals surface area contributed by atoms with Crippen molar-refractivity contribution in [2.75, 3.05) is 0 Å². The maximum atomic E-state index is 12.8. The highest BCUT2D eigenvalue weighted by molar-refractivity contribution is 6.13. The lowest BCUT2D eigenvalue weighted by atomic mass is 10.1. The van der Waals surface area contributed by atoms with E-state index in [1.54, 1.807) is 0 Å². The zero-order valence-corrected chi connectivity index (χ0v) is 5.84. The molecule has 0 saturated carbocycles. The fraction of sp³-hybridized carbons (Fsp3) is 0.143. The Morgan fingerprint density at radius 1 is 1.42 bits per heavy atom. The topological polar surface area (TPSA) is 41.5 Å². The summed E-state index contributed by atoms with van der Waals surface area (Å²) in [6, 6.07) is -1.51. The van der Waals surface area contributed by atoms with Gasteiger partial charge in [-0.15, -0.1) is 0 Å². The molecular weight excluding hydrogens is 166 g/mol. The maximum absolute atomic E-state index is 12.8. The summed E-state index contributed by atoms with van der Waals surface area (Å²) in [5.41, 5.74) is 0.0949. The molecule has 0 aromatic rings. The molecule has 2 amide bonds. The van der Waals surface area contributed by atoms with Crippen molar-refractivity contribution in [1.82, 2.24) is 5.32 Å². The van der Waals surface area contributed by atoms with Crippen molar-refractivity contribution in [2.24, 2.45) is 4.99 Å². The third-order valence-corrected chi connectivity index (χ3v) is 1.63. The van der Waals surface area contributed by atoms with Gasteiger partial charge in [-0.1, -0.05) is 0 Å². The second-order valence-electron chi connectivity index (χ2n) is 2.48. The number of carbonyl (C=O) groups is 1. The smallest absolute Gasteiger partial charge is 0.321 e. The van der Waals surface area contributed by atoms with Gasteiger partial charge in [0.1, 0.15) is 17.7 Å². The van der Waals surface area contributed by atoms with E-state index >= 15 is 0 Å². The fourth-order valence-electron chi connectivity index (χ4n) is 1.14. The SMILES string of the molecule is O=C1N=C2C=C(F)C=C(F)C2N1. The molecule has 0 aromatic heterocycles. The molecule has 1 atom stereocenters. The zero-order valence-electron chi connectivity index (χ0n) is 5.84. The maximum Gasteiger partial charge on any atom is 0.342 e. The van der Waals surface area contributed by atoms with Crippen LogP contribution in [0.2, 0.25) is 0 Å². The molecule has 1 heterocycles. The van der Waals surface area contributed by atoms with E-state index < -0.39 is 23.7 Å². The van der Waals surface area contributed by atoms with Crippen molar-refractivity contribution in [3.05, 3.63) is 23.8 Å². The lowest BCUT2D eigenvalue weighted by molar-refractivity contribution is 0.250. The monoisotopic (exact) mass is 170 g/mol. The molecule has 1 N–H and O–H groups in total. The van der Waals surface area contributed by atoms with Crippen LogP contribution in [0.15, 0.2) is 28.8 Å². The van der Waals surface area contributed by atoms with Gasteiger partial charge in [0.15, 0.2) is 0 Å². The van der Waals surface area contributed by atoms with Crippen molar-refractivity contribution >= 4 is 11.7 Å². The van der Waals surface area contributed by atoms with Crippen molar-refractivity contribution in [3.63, 3.8) is 0 Å². The molecule has 0 bridgehead atoms. The number of carbonyl (C=O) groups excluding carboxylic acids is 1. The molecule has 12 heavy (non-hydrogen) atoms. The van der Waals surface area contributed by atoms with Crippen molar-refractivity contribution in [3.8, 4) is 0 Å². The van der Waals surface area contributed by atoms with Crippen LogP contribution in [0.4, 0.5) is 13.6 Å². The quantitative estimate of drug-likeness (QED) is 0.583. The van der Waals surface area contributed by atoms with E-state index in [0.717, 1.165) is 12.2 Å². The number of urea groups is 1. The average Bonchev–Trinajstić information content (AvgIpc) is 2.29. The molecular formula is C7H4F2N2O. The number of halogens is 2. The zero-order chi connectivity index (χ0) is 8.72. The average molecular weight is 170 g/mol. The van der Waals surface area contributed by atoms with E-state index in [2.05, 4.69) is 10.3 Å². The highest BCUT2D eigenvalue weighted by atomic mass is 19.1. The Hall–Kier alpha value is -1.52. The molecule has 0 aromatic carbocycles. The standard InChI is InChI=1S/C7H4F2N2O/c8-3-1-4(9)6-5(2-3)10-7(12)11-6/h1-2,6H,(H,11,12). The van der Waals surface area contributed by atoms with Gasteiger partial charge in [-0.3, -0.25) is 0 Å². The van der Waals surface area contributed by atoms with Crippen LogP contribution in [-0.4, -0.2) is 17.8 Å². The van der Waals surface area contributed by atoms with Crippen LogP contribution in [0.5, 0.6) is 0 Å². The van der Waals surface area contributed by atoms with Gasteiger partial charge < -0.3 is 5.32 Å². The largest absolute Gasteiger partial charge is 0.342 e. The minimum Gasteiger partial charge on any atom is -0.321 e. The van der Waals surface area contributed by atoms with Gasteiger partial charge in [0.05, 0.1) is 5.71 Å². The van der Waals surface area contributed by atoms with Gasteiger partial charge in [-0.2, -0.15) is 4.99 Å². The molecule has 2 rings (SSSR count). The molecule has 0 saturated heterocycles. The van der Waals surface area contributed by atoms with E-state index in [1.165, 1.54) is 0 Å². The van der Waals surface area contributed by atoms with Crippen LogP contribution in [0.3, 0.4) is 0 Å². The predicted octanol–water partition coefficient (Wildman–Crippen LogP) is 1.24. The fourth-order valence-corrected chi connectivity index (χ4v) is 1.14. The van der Waals surface area contributed by atoms with Crippen molar-refractivity contribution < 1.29 is 13.6 Å². The number of fused-ring (bicyclic) bond motifs is 1. The summed E-state index contributed by atoms with van der Waals surface area (Å²) in [7, 11) is 0. The highest BCUT2D eigenvalue weighted by Gasteiger charge is 2.31. The summed E-state index contributed by atoms with van der Waals surface area (Å²) >= 11 is 0. The van der Waals surface area contributed by atoms with E-state index in [0.29, 0.717) is 0 Å². The molecule has 2 aliphatic rings. The number of hydrogen-bond donors (Lipinski definition) is 1. The van der Waals surface area contributed by atoms with Gasteiger partial charge in [0.2, 0.25) is 0 Å². The van der Waals surface area contributed by atoms with Gasteiger partial charge in [-0.25, -0.2) is 13.6 Å². The number of nitrogens with one attached hydrogen (secondary N) is 1. The lowest BCUT2D eigenvalue weighted by Gasteiger charge is -2.11. The second-order valence-corrected chi connectivity index (χ2v) is 2.48. The summed E-state index contributed by atoms with van der Waals surface area (Å²) in [6.07, 6.45) is 1.76. The minimum atomic E-state index is -0.878. The second kappa shape index (κ2) is 2.23. The Labute approximate surface area is 66.5 Å². The number of allylic oxidation sites excluding steroid dienone is 2. The molecule has 0 radical (unpaired) electrons. The van der Waals surface area contributed by atoms with E-state index in [4.69, 9.17) is 0 Å². The third-order valence-electron chi connectivity index (χ3n) is 1.63. The van der Waals surface area contributed by atoms with Crippen LogP contribution < -0.4 is 5.32 Å². The number of aliphatic imine (C=N–C) groups is 1. The highest BCUT2D eigenvalue weighted by Crippen LogP contribution is 2.21. The Bertz CT molecular complexity index is 343. The third kappa shape index (κ3) is 0.939. The van der Waals surface area contributed by atoms with E-state index in [1.807, 2.05) is 0 Å². The normalized spacial score (nSPS) is 27.0. The van der Waals surface area contributed by atoms with E-state index in [-0.39, 0.29) is 5.71 Å². The molecule has 62 valence electrons. The first kappa shape index (κ1) is 7.15. The molecule has 3 nitrogen and oxygen atoms in total. The van der Waals surface area contributed by atoms with Crippen LogP contribution >= 0.6 is 0 Å². The van der Waals surface area contributed by atoms with Crippen LogP contribution in [0.1, 0.15) is 0 Å². The van der Waals surface area contributed by atoms with Crippen molar-refractivity contribution in [1.29, 1.82) is 0 Å². The Kier molecular flexibility index (Phi) is 1.33. The summed E-state index contributed by atoms with van der Waals surface area (Å²) in [4.78, 5) is 14.0. The molecule has 0 spiro atoms. The summed E-state index contributed by atoms with van der Waals surface area (Å²) in [5.74, 6) is -1.45. The summed E-state index contributed by atoms with van der Waals surface area (Å²) in [5, 5.41) is 2.23. The number of nitrogens with zero attached hydrogens (tertiary/aromatic N) is 1. The Balaban J connectivity index is 2.44. The van der Waals surface area contributed by atoms with Gasteiger partial charge in [0.25, 0.3) is 0 Å². The Morgan fingerprint density at radius 2 is 2.17 bits per heavy atom. The first-order chi connectivity index (χ1) is 5.66. The molecule has 0 fully saturated rings. The number of hydrogen-bond acceptors (Lipinski definition) is 1. The first-order valence-electron chi connectivity index (χ1n) is 3.30. The first-order valence-corrected chi connectivity index (χ1v) is 3.30. The van der Waals surface area contributed by atoms with Gasteiger partial charge in [0, 0.05) is 6.08 Å². The summed E-state index contributed by atoms with van der Waals surface area (Å²) < 4.78 is 25.4. The molecule has 1 aliphatic heterocycles. The van der Waals surface area contributed by atoms with Gasteiger partial charge >= 0.3 is 6.03 Å². The predicted molar refractivity (Wildman–Crippen MR) is 38.1 cm³/mol. The molecule has 1 aliphatic carbocycles. The number of amides is 2. The van der Waals surface area contributed by atoms with Crippen LogP contribution in [0.25, 0.3) is 0 Å². The molecule has 5 heteroatoms. The summed E-state index contributed by atoms with van der Waals surface area (Å²) in [6.45, 7) is 0. The molecule has 1 unspecified atom stereocenters.